The Kier molecular flexibility index (Phi) is 4.99. The second-order valence-corrected chi connectivity index (χ2v) is 7.41. The molecule has 26 heavy (non-hydrogen) atoms. The van der Waals surface area contributed by atoms with Gasteiger partial charge in [0.25, 0.3) is 0 Å². The smallest absolute Gasteiger partial charge is 0.127 e. The summed E-state index contributed by atoms with van der Waals surface area (Å²) < 4.78 is 5.93. The molecule has 0 saturated carbocycles. The molecule has 0 heterocycles. The minimum absolute atomic E-state index is 0.0554. The van der Waals surface area contributed by atoms with Gasteiger partial charge in [-0.1, -0.05) is 92.2 Å². The second-order valence-electron chi connectivity index (χ2n) is 7.41. The van der Waals surface area contributed by atoms with Crippen LogP contribution >= 0.6 is 0 Å². The summed E-state index contributed by atoms with van der Waals surface area (Å²) in [4.78, 5) is 0. The molecule has 132 valence electrons. The number of hydrogen-bond donors (Lipinski definition) is 0. The van der Waals surface area contributed by atoms with Gasteiger partial charge in [0.05, 0.1) is 0 Å². The third-order valence-electron chi connectivity index (χ3n) is 4.96. The molecule has 0 aromatic heterocycles. The lowest BCUT2D eigenvalue weighted by molar-refractivity contribution is 0.515. The van der Waals surface area contributed by atoms with Crippen LogP contribution in [0.5, 0.6) is 5.75 Å². The van der Waals surface area contributed by atoms with Crippen molar-refractivity contribution in [3.05, 3.63) is 107 Å². The maximum atomic E-state index is 5.93. The molecular formula is C25H26O. The van der Waals surface area contributed by atoms with Crippen molar-refractivity contribution in [1.29, 1.82) is 0 Å². The van der Waals surface area contributed by atoms with E-state index in [1.807, 2.05) is 24.3 Å². The Morgan fingerprint density at radius 3 is 1.62 bits per heavy atom. The van der Waals surface area contributed by atoms with E-state index in [-0.39, 0.29) is 5.41 Å². The summed E-state index contributed by atoms with van der Waals surface area (Å²) >= 11 is 0. The van der Waals surface area contributed by atoms with Crippen molar-refractivity contribution in [3.8, 4) is 5.75 Å². The number of aryl methyl sites for hydroxylation is 2. The molecule has 1 nitrogen and oxygen atoms in total. The largest absolute Gasteiger partial charge is 0.457 e. The van der Waals surface area contributed by atoms with E-state index in [9.17, 15) is 0 Å². The Hall–Kier alpha value is -2.80. The molecule has 0 unspecified atom stereocenters. The van der Waals surface area contributed by atoms with Gasteiger partial charge >= 0.3 is 0 Å². The minimum atomic E-state index is -0.0554. The maximum Gasteiger partial charge on any atom is 0.127 e. The van der Waals surface area contributed by atoms with E-state index in [1.54, 1.807) is 0 Å². The molecule has 0 aliphatic carbocycles. The van der Waals surface area contributed by atoms with Gasteiger partial charge < -0.3 is 4.74 Å². The molecule has 0 aliphatic rings. The van der Waals surface area contributed by atoms with Gasteiger partial charge in [-0.15, -0.1) is 0 Å². The molecule has 0 aliphatic heterocycles. The van der Waals surface area contributed by atoms with E-state index in [0.29, 0.717) is 5.76 Å². The number of hydrogen-bond acceptors (Lipinski definition) is 1. The van der Waals surface area contributed by atoms with Crippen LogP contribution in [0.25, 0.3) is 5.76 Å². The zero-order valence-corrected chi connectivity index (χ0v) is 16.0. The fourth-order valence-corrected chi connectivity index (χ4v) is 3.02. The summed E-state index contributed by atoms with van der Waals surface area (Å²) in [6.07, 6.45) is 0. The molecule has 3 aromatic carbocycles. The summed E-state index contributed by atoms with van der Waals surface area (Å²) in [6, 6.07) is 25.3. The predicted molar refractivity (Wildman–Crippen MR) is 111 cm³/mol. The summed E-state index contributed by atoms with van der Waals surface area (Å²) in [5.41, 5.74) is 6.02. The van der Waals surface area contributed by atoms with Crippen molar-refractivity contribution in [2.45, 2.75) is 33.1 Å². The van der Waals surface area contributed by atoms with Crippen LogP contribution in [-0.4, -0.2) is 0 Å². The highest BCUT2D eigenvalue weighted by molar-refractivity contribution is 5.60. The Bertz CT molecular complexity index is 882. The van der Waals surface area contributed by atoms with Gasteiger partial charge in [-0.05, 0) is 37.1 Å². The van der Waals surface area contributed by atoms with Crippen LogP contribution in [-0.2, 0) is 5.41 Å². The molecule has 0 N–H and O–H groups in total. The molecule has 3 aromatic rings. The molecule has 0 saturated heterocycles. The number of ether oxygens (including phenoxy) is 1. The Morgan fingerprint density at radius 2 is 1.12 bits per heavy atom. The van der Waals surface area contributed by atoms with Crippen LogP contribution in [0.1, 0.15) is 41.7 Å². The van der Waals surface area contributed by atoms with Gasteiger partial charge in [0.2, 0.25) is 0 Å². The third kappa shape index (κ3) is 3.88. The average Bonchev–Trinajstić information content (AvgIpc) is 2.63. The van der Waals surface area contributed by atoms with Crippen LogP contribution in [0.4, 0.5) is 0 Å². The lowest BCUT2D eigenvalue weighted by Gasteiger charge is -2.26. The van der Waals surface area contributed by atoms with Gasteiger partial charge in [-0.2, -0.15) is 0 Å². The minimum Gasteiger partial charge on any atom is -0.457 e. The van der Waals surface area contributed by atoms with Crippen molar-refractivity contribution < 1.29 is 4.74 Å². The second kappa shape index (κ2) is 7.21. The average molecular weight is 342 g/mol. The Morgan fingerprint density at radius 1 is 0.692 bits per heavy atom. The Labute approximate surface area is 157 Å². The molecule has 0 radical (unpaired) electrons. The normalized spacial score (nSPS) is 11.2. The highest BCUT2D eigenvalue weighted by Crippen LogP contribution is 2.33. The van der Waals surface area contributed by atoms with Crippen molar-refractivity contribution >= 4 is 5.76 Å². The van der Waals surface area contributed by atoms with Gasteiger partial charge in [-0.25, -0.2) is 0 Å². The summed E-state index contributed by atoms with van der Waals surface area (Å²) in [6.45, 7) is 12.7. The van der Waals surface area contributed by atoms with E-state index >= 15 is 0 Å². The van der Waals surface area contributed by atoms with Crippen LogP contribution < -0.4 is 4.74 Å². The van der Waals surface area contributed by atoms with Crippen molar-refractivity contribution in [2.24, 2.45) is 0 Å². The lowest BCUT2D eigenvalue weighted by Crippen LogP contribution is -2.18. The van der Waals surface area contributed by atoms with Crippen molar-refractivity contribution in [2.75, 3.05) is 0 Å². The first kappa shape index (κ1) is 18.0. The van der Waals surface area contributed by atoms with Crippen molar-refractivity contribution in [3.63, 3.8) is 0 Å². The molecular weight excluding hydrogens is 316 g/mol. The molecule has 0 spiro atoms. The van der Waals surface area contributed by atoms with Crippen LogP contribution in [0.3, 0.4) is 0 Å². The SMILES string of the molecule is C=C(Oc1ccc(C(C)(C)c2ccc(C)cc2)cc1)c1ccc(C)cc1. The van der Waals surface area contributed by atoms with Gasteiger partial charge in [0.1, 0.15) is 11.5 Å². The monoisotopic (exact) mass is 342 g/mol. The highest BCUT2D eigenvalue weighted by Gasteiger charge is 2.22. The first-order valence-electron chi connectivity index (χ1n) is 8.98. The molecule has 3 rings (SSSR count). The summed E-state index contributed by atoms with van der Waals surface area (Å²) in [7, 11) is 0. The lowest BCUT2D eigenvalue weighted by atomic mass is 9.78. The fraction of sp³-hybridized carbons (Fsp3) is 0.200. The van der Waals surface area contributed by atoms with Crippen LogP contribution in [0.2, 0.25) is 0 Å². The summed E-state index contributed by atoms with van der Waals surface area (Å²) in [5.74, 6) is 1.47. The first-order valence-corrected chi connectivity index (χ1v) is 8.98. The van der Waals surface area contributed by atoms with E-state index in [2.05, 4.69) is 82.8 Å². The maximum absolute atomic E-state index is 5.93. The highest BCUT2D eigenvalue weighted by atomic mass is 16.5. The first-order chi connectivity index (χ1) is 12.4. The molecule has 1 heteroatoms. The summed E-state index contributed by atoms with van der Waals surface area (Å²) in [5, 5.41) is 0. The van der Waals surface area contributed by atoms with Crippen LogP contribution in [0.15, 0.2) is 79.4 Å². The number of benzene rings is 3. The zero-order chi connectivity index (χ0) is 18.7. The molecule has 0 amide bonds. The van der Waals surface area contributed by atoms with E-state index in [4.69, 9.17) is 4.74 Å². The van der Waals surface area contributed by atoms with E-state index in [0.717, 1.165) is 11.3 Å². The van der Waals surface area contributed by atoms with Gasteiger partial charge in [-0.3, -0.25) is 0 Å². The molecule has 0 atom stereocenters. The van der Waals surface area contributed by atoms with Gasteiger partial charge in [0, 0.05) is 11.0 Å². The Balaban J connectivity index is 1.76. The molecule has 0 fully saturated rings. The standard InChI is InChI=1S/C25H26O/c1-18-6-10-21(11-7-18)20(3)26-24-16-14-23(15-17-24)25(4,5)22-12-8-19(2)9-13-22/h6-17H,3H2,1-2,4-5H3. The fourth-order valence-electron chi connectivity index (χ4n) is 3.02. The quantitative estimate of drug-likeness (QED) is 0.470. The predicted octanol–water partition coefficient (Wildman–Crippen LogP) is 6.68. The zero-order valence-electron chi connectivity index (χ0n) is 16.0. The van der Waals surface area contributed by atoms with Crippen LogP contribution in [0, 0.1) is 13.8 Å². The molecule has 0 bridgehead atoms. The van der Waals surface area contributed by atoms with Gasteiger partial charge in [0.15, 0.2) is 0 Å². The van der Waals surface area contributed by atoms with E-state index in [1.165, 1.54) is 22.3 Å². The topological polar surface area (TPSA) is 9.23 Å². The van der Waals surface area contributed by atoms with E-state index < -0.39 is 0 Å². The number of rotatable bonds is 5. The third-order valence-corrected chi connectivity index (χ3v) is 4.96. The van der Waals surface area contributed by atoms with Crippen molar-refractivity contribution in [1.82, 2.24) is 0 Å².